The van der Waals surface area contributed by atoms with Gasteiger partial charge in [-0.05, 0) is 24.6 Å². The minimum Gasteiger partial charge on any atom is -0.357 e. The topological polar surface area (TPSA) is 81.0 Å². The van der Waals surface area contributed by atoms with Crippen LogP contribution >= 0.6 is 11.3 Å². The van der Waals surface area contributed by atoms with E-state index in [9.17, 15) is 10.1 Å². The van der Waals surface area contributed by atoms with Gasteiger partial charge in [0.05, 0.1) is 15.1 Å². The van der Waals surface area contributed by atoms with E-state index in [2.05, 4.69) is 15.3 Å². The summed E-state index contributed by atoms with van der Waals surface area (Å²) in [7, 11) is 0. The predicted octanol–water partition coefficient (Wildman–Crippen LogP) is 3.52. The molecular weight excluding hydrogens is 288 g/mol. The molecule has 0 atom stereocenters. The number of nitrogens with one attached hydrogen (secondary N) is 1. The summed E-state index contributed by atoms with van der Waals surface area (Å²) in [5, 5.41) is 14.7. The fourth-order valence-corrected chi connectivity index (χ4v) is 2.78. The molecule has 0 amide bonds. The molecule has 21 heavy (non-hydrogen) atoms. The summed E-state index contributed by atoms with van der Waals surface area (Å²) in [5.74, 6) is 0. The van der Waals surface area contributed by atoms with Crippen molar-refractivity contribution in [2.24, 2.45) is 0 Å². The van der Waals surface area contributed by atoms with Crippen LogP contribution in [0.25, 0.3) is 10.2 Å². The zero-order valence-electron chi connectivity index (χ0n) is 11.2. The molecule has 0 unspecified atom stereocenters. The summed E-state index contributed by atoms with van der Waals surface area (Å²) in [6.45, 7) is 2.56. The number of nitro groups is 1. The number of rotatable bonds is 4. The average Bonchev–Trinajstić information content (AvgIpc) is 2.88. The van der Waals surface area contributed by atoms with Crippen molar-refractivity contribution in [2.75, 3.05) is 5.32 Å². The fraction of sp³-hybridized carbons (Fsp3) is 0.143. The van der Waals surface area contributed by atoms with Gasteiger partial charge in [-0.25, -0.2) is 4.98 Å². The van der Waals surface area contributed by atoms with Crippen LogP contribution in [0.15, 0.2) is 36.5 Å². The van der Waals surface area contributed by atoms with Crippen LogP contribution in [-0.4, -0.2) is 14.9 Å². The number of non-ortho nitro benzene ring substituents is 1. The first kappa shape index (κ1) is 13.4. The molecule has 7 heteroatoms. The molecule has 0 bridgehead atoms. The number of pyridine rings is 1. The lowest BCUT2D eigenvalue weighted by Crippen LogP contribution is -1.99. The largest absolute Gasteiger partial charge is 0.357 e. The molecule has 0 aliphatic heterocycles. The standard InChI is InChI=1S/C14H12N4O2S/c1-9-2-3-10(7-15-9)8-16-14-17-12-5-4-11(18(19)20)6-13(12)21-14/h2-7H,8H2,1H3,(H,16,17). The maximum Gasteiger partial charge on any atom is 0.270 e. The van der Waals surface area contributed by atoms with E-state index in [1.54, 1.807) is 12.1 Å². The lowest BCUT2D eigenvalue weighted by atomic mass is 10.2. The van der Waals surface area contributed by atoms with E-state index >= 15 is 0 Å². The van der Waals surface area contributed by atoms with Crippen molar-refractivity contribution in [1.29, 1.82) is 0 Å². The third-order valence-corrected chi connectivity index (χ3v) is 3.98. The molecule has 1 N–H and O–H groups in total. The lowest BCUT2D eigenvalue weighted by molar-refractivity contribution is -0.384. The van der Waals surface area contributed by atoms with Gasteiger partial charge in [0.15, 0.2) is 5.13 Å². The molecule has 0 aliphatic rings. The van der Waals surface area contributed by atoms with Crippen molar-refractivity contribution in [3.05, 3.63) is 57.9 Å². The first-order chi connectivity index (χ1) is 10.1. The first-order valence-electron chi connectivity index (χ1n) is 6.32. The fourth-order valence-electron chi connectivity index (χ4n) is 1.88. The highest BCUT2D eigenvalue weighted by Crippen LogP contribution is 2.29. The number of nitrogens with zero attached hydrogens (tertiary/aromatic N) is 3. The third-order valence-electron chi connectivity index (χ3n) is 3.00. The number of thiazole rings is 1. The summed E-state index contributed by atoms with van der Waals surface area (Å²) in [6.07, 6.45) is 1.82. The smallest absolute Gasteiger partial charge is 0.270 e. The predicted molar refractivity (Wildman–Crippen MR) is 82.6 cm³/mol. The molecule has 1 aromatic carbocycles. The number of anilines is 1. The first-order valence-corrected chi connectivity index (χ1v) is 7.14. The lowest BCUT2D eigenvalue weighted by Gasteiger charge is -2.02. The molecular formula is C14H12N4O2S. The average molecular weight is 300 g/mol. The third kappa shape index (κ3) is 2.97. The zero-order valence-corrected chi connectivity index (χ0v) is 12.1. The molecule has 6 nitrogen and oxygen atoms in total. The zero-order chi connectivity index (χ0) is 14.8. The van der Waals surface area contributed by atoms with Crippen molar-refractivity contribution in [3.63, 3.8) is 0 Å². The van der Waals surface area contributed by atoms with Crippen LogP contribution in [-0.2, 0) is 6.54 Å². The summed E-state index contributed by atoms with van der Waals surface area (Å²) >= 11 is 1.40. The van der Waals surface area contributed by atoms with E-state index in [4.69, 9.17) is 0 Å². The van der Waals surface area contributed by atoms with Gasteiger partial charge < -0.3 is 5.32 Å². The molecule has 0 aliphatic carbocycles. The van der Waals surface area contributed by atoms with Crippen LogP contribution < -0.4 is 5.32 Å². The van der Waals surface area contributed by atoms with Crippen LogP contribution in [0.1, 0.15) is 11.3 Å². The Morgan fingerprint density at radius 2 is 2.19 bits per heavy atom. The van der Waals surface area contributed by atoms with Gasteiger partial charge in [-0.2, -0.15) is 0 Å². The normalized spacial score (nSPS) is 10.7. The van der Waals surface area contributed by atoms with Crippen molar-refractivity contribution in [2.45, 2.75) is 13.5 Å². The number of hydrogen-bond donors (Lipinski definition) is 1. The Balaban J connectivity index is 1.78. The van der Waals surface area contributed by atoms with E-state index in [1.165, 1.54) is 17.4 Å². The molecule has 2 heterocycles. The van der Waals surface area contributed by atoms with Gasteiger partial charge in [-0.15, -0.1) is 0 Å². The Labute approximate surface area is 124 Å². The van der Waals surface area contributed by atoms with E-state index in [-0.39, 0.29) is 5.69 Å². The molecule has 0 fully saturated rings. The Morgan fingerprint density at radius 3 is 2.90 bits per heavy atom. The van der Waals surface area contributed by atoms with Gasteiger partial charge >= 0.3 is 0 Å². The molecule has 106 valence electrons. The molecule has 0 saturated carbocycles. The van der Waals surface area contributed by atoms with E-state index in [0.29, 0.717) is 6.54 Å². The SMILES string of the molecule is Cc1ccc(CNc2nc3ccc([N+](=O)[O-])cc3s2)cn1. The van der Waals surface area contributed by atoms with Gasteiger partial charge in [-0.1, -0.05) is 17.4 Å². The van der Waals surface area contributed by atoms with E-state index < -0.39 is 4.92 Å². The Bertz CT molecular complexity index is 798. The van der Waals surface area contributed by atoms with Gasteiger partial charge in [0, 0.05) is 30.6 Å². The summed E-state index contributed by atoms with van der Waals surface area (Å²) < 4.78 is 0.800. The maximum atomic E-state index is 10.8. The molecule has 3 aromatic rings. The highest BCUT2D eigenvalue weighted by Gasteiger charge is 2.10. The van der Waals surface area contributed by atoms with Crippen molar-refractivity contribution in [3.8, 4) is 0 Å². The van der Waals surface area contributed by atoms with Crippen LogP contribution in [0, 0.1) is 17.0 Å². The number of aryl methyl sites for hydroxylation is 1. The Hall–Kier alpha value is -2.54. The van der Waals surface area contributed by atoms with Gasteiger partial charge in [0.1, 0.15) is 0 Å². The highest BCUT2D eigenvalue weighted by atomic mass is 32.1. The van der Waals surface area contributed by atoms with Crippen LogP contribution in [0.4, 0.5) is 10.8 Å². The number of aromatic nitrogens is 2. The van der Waals surface area contributed by atoms with Gasteiger partial charge in [-0.3, -0.25) is 15.1 Å². The Morgan fingerprint density at radius 1 is 1.33 bits per heavy atom. The van der Waals surface area contributed by atoms with E-state index in [1.807, 2.05) is 25.3 Å². The minimum atomic E-state index is -0.399. The molecule has 3 rings (SSSR count). The second-order valence-electron chi connectivity index (χ2n) is 4.59. The van der Waals surface area contributed by atoms with Crippen LogP contribution in [0.5, 0.6) is 0 Å². The number of benzene rings is 1. The number of hydrogen-bond acceptors (Lipinski definition) is 6. The number of fused-ring (bicyclic) bond motifs is 1. The van der Waals surface area contributed by atoms with E-state index in [0.717, 1.165) is 26.6 Å². The maximum absolute atomic E-state index is 10.8. The monoisotopic (exact) mass is 300 g/mol. The summed E-state index contributed by atoms with van der Waals surface area (Å²) in [4.78, 5) is 19.0. The van der Waals surface area contributed by atoms with Gasteiger partial charge in [0.2, 0.25) is 0 Å². The number of nitro benzene ring substituents is 1. The van der Waals surface area contributed by atoms with Crippen LogP contribution in [0.3, 0.4) is 0 Å². The van der Waals surface area contributed by atoms with Gasteiger partial charge in [0.25, 0.3) is 5.69 Å². The highest BCUT2D eigenvalue weighted by molar-refractivity contribution is 7.22. The second-order valence-corrected chi connectivity index (χ2v) is 5.62. The quantitative estimate of drug-likeness (QED) is 0.589. The molecule has 0 radical (unpaired) electrons. The summed E-state index contributed by atoms with van der Waals surface area (Å²) in [6, 6.07) is 8.65. The molecule has 0 spiro atoms. The van der Waals surface area contributed by atoms with Crippen molar-refractivity contribution >= 4 is 32.4 Å². The van der Waals surface area contributed by atoms with Crippen LogP contribution in [0.2, 0.25) is 0 Å². The second kappa shape index (κ2) is 5.45. The Kier molecular flexibility index (Phi) is 3.49. The minimum absolute atomic E-state index is 0.0837. The molecule has 2 aromatic heterocycles. The van der Waals surface area contributed by atoms with Crippen molar-refractivity contribution in [1.82, 2.24) is 9.97 Å². The van der Waals surface area contributed by atoms with Crippen molar-refractivity contribution < 1.29 is 4.92 Å². The molecule has 0 saturated heterocycles. The summed E-state index contributed by atoms with van der Waals surface area (Å²) in [5.41, 5.74) is 2.88.